The molecule has 0 atom stereocenters. The molecule has 0 bridgehead atoms. The Morgan fingerprint density at radius 1 is 1.24 bits per heavy atom. The zero-order valence-electron chi connectivity index (χ0n) is 12.8. The minimum absolute atomic E-state index is 0. The maximum atomic E-state index is 6.04. The molecule has 1 aromatic carbocycles. The molecule has 2 rings (SSSR count). The van der Waals surface area contributed by atoms with Gasteiger partial charge in [0.1, 0.15) is 12.4 Å². The second-order valence-corrected chi connectivity index (χ2v) is 5.31. The van der Waals surface area contributed by atoms with Gasteiger partial charge >= 0.3 is 0 Å². The topological polar surface area (TPSA) is 50.9 Å². The van der Waals surface area contributed by atoms with E-state index in [1.54, 1.807) is 0 Å². The molecule has 0 amide bonds. The monoisotopic (exact) mass is 403 g/mol. The van der Waals surface area contributed by atoms with Crippen molar-refractivity contribution in [2.24, 2.45) is 10.7 Å². The van der Waals surface area contributed by atoms with Gasteiger partial charge in [0.25, 0.3) is 0 Å². The number of ether oxygens (including phenoxy) is 1. The average Bonchev–Trinajstić information content (AvgIpc) is 2.72. The molecule has 1 saturated heterocycles. The van der Waals surface area contributed by atoms with E-state index in [2.05, 4.69) is 22.9 Å². The van der Waals surface area contributed by atoms with Crippen molar-refractivity contribution in [1.29, 1.82) is 0 Å². The average molecular weight is 403 g/mol. The number of hydrogen-bond acceptors (Lipinski definition) is 2. The first-order valence-corrected chi connectivity index (χ1v) is 7.50. The van der Waals surface area contributed by atoms with Gasteiger partial charge in [-0.1, -0.05) is 25.0 Å². The normalized spacial score (nSPS) is 16.0. The number of hydrogen-bond donors (Lipinski definition) is 1. The van der Waals surface area contributed by atoms with Gasteiger partial charge < -0.3 is 15.4 Å². The number of halogens is 1. The van der Waals surface area contributed by atoms with E-state index in [4.69, 9.17) is 10.5 Å². The zero-order chi connectivity index (χ0) is 14.2. The molecule has 1 aliphatic rings. The number of nitrogens with zero attached hydrogens (tertiary/aromatic N) is 2. The van der Waals surface area contributed by atoms with Crippen LogP contribution in [0.4, 0.5) is 0 Å². The molecule has 1 fully saturated rings. The molecule has 4 nitrogen and oxygen atoms in total. The number of guanidine groups is 1. The van der Waals surface area contributed by atoms with Crippen molar-refractivity contribution in [2.45, 2.75) is 32.6 Å². The van der Waals surface area contributed by atoms with E-state index in [0.29, 0.717) is 19.1 Å². The van der Waals surface area contributed by atoms with Crippen molar-refractivity contribution in [3.8, 4) is 5.75 Å². The van der Waals surface area contributed by atoms with Gasteiger partial charge in [0.2, 0.25) is 0 Å². The number of rotatable bonds is 4. The van der Waals surface area contributed by atoms with Crippen LogP contribution in [0.1, 0.15) is 31.2 Å². The summed E-state index contributed by atoms with van der Waals surface area (Å²) in [6.45, 7) is 5.30. The molecule has 0 aliphatic carbocycles. The van der Waals surface area contributed by atoms with Gasteiger partial charge in [-0.05, 0) is 37.5 Å². The summed E-state index contributed by atoms with van der Waals surface area (Å²) in [7, 11) is 0. The second kappa shape index (κ2) is 9.87. The highest BCUT2D eigenvalue weighted by molar-refractivity contribution is 14.0. The first kappa shape index (κ1) is 18.1. The van der Waals surface area contributed by atoms with Crippen LogP contribution in [0, 0.1) is 6.92 Å². The van der Waals surface area contributed by atoms with E-state index < -0.39 is 0 Å². The fraction of sp³-hybridized carbons (Fsp3) is 0.562. The molecule has 0 spiro atoms. The van der Waals surface area contributed by atoms with Crippen LogP contribution in [0.3, 0.4) is 0 Å². The van der Waals surface area contributed by atoms with Crippen LogP contribution in [0.2, 0.25) is 0 Å². The first-order chi connectivity index (χ1) is 9.75. The SMILES string of the molecule is Cc1cccc(OCCN=C(N)N2CCCCCC2)c1.I. The van der Waals surface area contributed by atoms with Crippen molar-refractivity contribution in [3.05, 3.63) is 29.8 Å². The Morgan fingerprint density at radius 2 is 1.95 bits per heavy atom. The van der Waals surface area contributed by atoms with Crippen molar-refractivity contribution >= 4 is 29.9 Å². The number of likely N-dealkylation sites (tertiary alicyclic amines) is 1. The van der Waals surface area contributed by atoms with Crippen molar-refractivity contribution in [1.82, 2.24) is 4.90 Å². The Bertz CT molecular complexity index is 443. The minimum Gasteiger partial charge on any atom is -0.492 e. The molecule has 0 radical (unpaired) electrons. The highest BCUT2D eigenvalue weighted by Gasteiger charge is 2.10. The lowest BCUT2D eigenvalue weighted by molar-refractivity contribution is 0.327. The fourth-order valence-corrected chi connectivity index (χ4v) is 2.43. The van der Waals surface area contributed by atoms with E-state index in [1.165, 1.54) is 31.2 Å². The summed E-state index contributed by atoms with van der Waals surface area (Å²) in [6.07, 6.45) is 5.05. The van der Waals surface area contributed by atoms with Crippen molar-refractivity contribution in [3.63, 3.8) is 0 Å². The van der Waals surface area contributed by atoms with Crippen LogP contribution in [-0.4, -0.2) is 37.1 Å². The Kier molecular flexibility index (Phi) is 8.49. The van der Waals surface area contributed by atoms with Crippen LogP contribution < -0.4 is 10.5 Å². The van der Waals surface area contributed by atoms with Gasteiger partial charge in [0.05, 0.1) is 6.54 Å². The van der Waals surface area contributed by atoms with Gasteiger partial charge in [-0.25, -0.2) is 4.99 Å². The number of aryl methyl sites for hydroxylation is 1. The van der Waals surface area contributed by atoms with Crippen molar-refractivity contribution in [2.75, 3.05) is 26.2 Å². The van der Waals surface area contributed by atoms with Gasteiger partial charge in [0, 0.05) is 13.1 Å². The predicted molar refractivity (Wildman–Crippen MR) is 98.6 cm³/mol. The Labute approximate surface area is 144 Å². The van der Waals surface area contributed by atoms with Crippen LogP contribution in [0.15, 0.2) is 29.3 Å². The van der Waals surface area contributed by atoms with Gasteiger partial charge in [-0.3, -0.25) is 0 Å². The summed E-state index contributed by atoms with van der Waals surface area (Å²) >= 11 is 0. The lowest BCUT2D eigenvalue weighted by Crippen LogP contribution is -2.38. The summed E-state index contributed by atoms with van der Waals surface area (Å²) in [4.78, 5) is 6.62. The summed E-state index contributed by atoms with van der Waals surface area (Å²) in [5.41, 5.74) is 7.25. The largest absolute Gasteiger partial charge is 0.492 e. The fourth-order valence-electron chi connectivity index (χ4n) is 2.43. The maximum absolute atomic E-state index is 6.04. The zero-order valence-corrected chi connectivity index (χ0v) is 15.1. The molecule has 1 aromatic rings. The first-order valence-electron chi connectivity index (χ1n) is 7.50. The van der Waals surface area contributed by atoms with Crippen LogP contribution >= 0.6 is 24.0 Å². The van der Waals surface area contributed by atoms with Crippen molar-refractivity contribution < 1.29 is 4.74 Å². The van der Waals surface area contributed by atoms with Crippen LogP contribution in [0.5, 0.6) is 5.75 Å². The molecular formula is C16H26IN3O. The smallest absolute Gasteiger partial charge is 0.191 e. The van der Waals surface area contributed by atoms with Gasteiger partial charge in [-0.2, -0.15) is 0 Å². The Morgan fingerprint density at radius 3 is 2.62 bits per heavy atom. The Balaban J connectivity index is 0.00000220. The molecule has 0 aromatic heterocycles. The standard InChI is InChI=1S/C16H25N3O.HI/c1-14-7-6-8-15(13-14)20-12-9-18-16(17)19-10-4-2-3-5-11-19;/h6-8,13H,2-5,9-12H2,1H3,(H2,17,18);1H. The van der Waals surface area contributed by atoms with E-state index in [1.807, 2.05) is 18.2 Å². The maximum Gasteiger partial charge on any atom is 0.191 e. The lowest BCUT2D eigenvalue weighted by Gasteiger charge is -2.21. The molecule has 0 unspecified atom stereocenters. The van der Waals surface area contributed by atoms with E-state index in [9.17, 15) is 0 Å². The summed E-state index contributed by atoms with van der Waals surface area (Å²) in [5, 5.41) is 0. The molecule has 21 heavy (non-hydrogen) atoms. The molecule has 1 heterocycles. The van der Waals surface area contributed by atoms with E-state index in [-0.39, 0.29) is 24.0 Å². The third-order valence-corrected chi connectivity index (χ3v) is 3.55. The van der Waals surface area contributed by atoms with E-state index >= 15 is 0 Å². The number of benzene rings is 1. The third-order valence-electron chi connectivity index (χ3n) is 3.55. The summed E-state index contributed by atoms with van der Waals surface area (Å²) < 4.78 is 5.67. The van der Waals surface area contributed by atoms with Crippen LogP contribution in [-0.2, 0) is 0 Å². The number of nitrogens with two attached hydrogens (primary N) is 1. The highest BCUT2D eigenvalue weighted by atomic mass is 127. The quantitative estimate of drug-likeness (QED) is 0.364. The molecule has 0 saturated carbocycles. The second-order valence-electron chi connectivity index (χ2n) is 5.31. The summed E-state index contributed by atoms with van der Waals surface area (Å²) in [6, 6.07) is 8.05. The number of aliphatic imine (C=N–C) groups is 1. The Hall–Kier alpha value is -0.980. The molecule has 1 aliphatic heterocycles. The van der Waals surface area contributed by atoms with Gasteiger partial charge in [0.15, 0.2) is 5.96 Å². The molecule has 5 heteroatoms. The lowest BCUT2D eigenvalue weighted by atomic mass is 10.2. The molecule has 2 N–H and O–H groups in total. The summed E-state index contributed by atoms with van der Waals surface area (Å²) in [5.74, 6) is 1.56. The minimum atomic E-state index is 0. The molecule has 118 valence electrons. The molecular weight excluding hydrogens is 377 g/mol. The third kappa shape index (κ3) is 6.54. The van der Waals surface area contributed by atoms with E-state index in [0.717, 1.165) is 18.8 Å². The van der Waals surface area contributed by atoms with Crippen LogP contribution in [0.25, 0.3) is 0 Å². The predicted octanol–water partition coefficient (Wildman–Crippen LogP) is 3.18. The highest BCUT2D eigenvalue weighted by Crippen LogP contribution is 2.12. The van der Waals surface area contributed by atoms with Gasteiger partial charge in [-0.15, -0.1) is 24.0 Å².